The topological polar surface area (TPSA) is 40.6 Å². The number of hydrogen-bond donors (Lipinski definition) is 0. The molecule has 0 unspecified atom stereocenters. The molecule has 0 radical (unpaired) electrons. The summed E-state index contributed by atoms with van der Waals surface area (Å²) in [5.74, 6) is 2.43. The van der Waals surface area contributed by atoms with Gasteiger partial charge in [-0.2, -0.15) is 0 Å². The van der Waals surface area contributed by atoms with Crippen molar-refractivity contribution in [3.8, 4) is 28.4 Å². The second kappa shape index (κ2) is 7.68. The van der Waals surface area contributed by atoms with Crippen LogP contribution in [0.25, 0.3) is 11.1 Å². The van der Waals surface area contributed by atoms with Gasteiger partial charge in [-0.05, 0) is 43.4 Å². The normalized spacial score (nSPS) is 18.1. The first-order valence-corrected chi connectivity index (χ1v) is 11.1. The van der Waals surface area contributed by atoms with Gasteiger partial charge in [-0.15, -0.1) is 0 Å². The molecular formula is C24H26NO3P. The number of methoxy groups -OCH3 is 2. The first kappa shape index (κ1) is 19.7. The zero-order valence-electron chi connectivity index (χ0n) is 17.5. The van der Waals surface area contributed by atoms with E-state index in [1.807, 2.05) is 42.6 Å². The van der Waals surface area contributed by atoms with E-state index < -0.39 is 7.92 Å². The van der Waals surface area contributed by atoms with Gasteiger partial charge >= 0.3 is 0 Å². The number of aromatic nitrogens is 1. The van der Waals surface area contributed by atoms with Gasteiger partial charge in [0.25, 0.3) is 0 Å². The molecule has 0 fully saturated rings. The molecule has 0 N–H and O–H groups in total. The molecule has 0 bridgehead atoms. The Bertz CT molecular complexity index is 992. The smallest absolute Gasteiger partial charge is 0.163 e. The van der Waals surface area contributed by atoms with Crippen LogP contribution in [0.2, 0.25) is 0 Å². The molecule has 0 amide bonds. The van der Waals surface area contributed by atoms with Crippen molar-refractivity contribution >= 4 is 13.2 Å². The molecular weight excluding hydrogens is 381 g/mol. The van der Waals surface area contributed by atoms with Gasteiger partial charge in [0.2, 0.25) is 0 Å². The third-order valence-electron chi connectivity index (χ3n) is 5.07. The van der Waals surface area contributed by atoms with Crippen LogP contribution in [0.15, 0.2) is 60.8 Å². The van der Waals surface area contributed by atoms with Crippen molar-refractivity contribution < 1.29 is 14.2 Å². The Morgan fingerprint density at radius 1 is 0.897 bits per heavy atom. The average molecular weight is 407 g/mol. The van der Waals surface area contributed by atoms with Crippen molar-refractivity contribution in [3.63, 3.8) is 0 Å². The van der Waals surface area contributed by atoms with E-state index in [0.717, 1.165) is 34.1 Å². The molecule has 0 aliphatic carbocycles. The highest BCUT2D eigenvalue weighted by molar-refractivity contribution is 7.68. The summed E-state index contributed by atoms with van der Waals surface area (Å²) in [7, 11) is 2.67. The minimum absolute atomic E-state index is 0.0219. The predicted octanol–water partition coefficient (Wildman–Crippen LogP) is 5.76. The number of fused-ring (bicyclic) bond motifs is 1. The van der Waals surface area contributed by atoms with E-state index in [2.05, 4.69) is 44.0 Å². The Hall–Kier alpha value is -2.58. The molecule has 2 atom stereocenters. The SMILES string of the molecule is COc1cccc(OC)c1-c1cccc2c1[P@@](C(C)(C)C)[C@H](c1ccccn1)O2. The third kappa shape index (κ3) is 3.47. The van der Waals surface area contributed by atoms with Crippen molar-refractivity contribution in [3.05, 3.63) is 66.5 Å². The van der Waals surface area contributed by atoms with Crippen LogP contribution in [0.4, 0.5) is 0 Å². The summed E-state index contributed by atoms with van der Waals surface area (Å²) >= 11 is 0. The van der Waals surface area contributed by atoms with Crippen molar-refractivity contribution in [2.75, 3.05) is 14.2 Å². The summed E-state index contributed by atoms with van der Waals surface area (Å²) in [6, 6.07) is 18.2. The van der Waals surface area contributed by atoms with E-state index in [0.29, 0.717) is 0 Å². The van der Waals surface area contributed by atoms with Gasteiger partial charge in [0.05, 0.1) is 25.5 Å². The van der Waals surface area contributed by atoms with E-state index in [1.54, 1.807) is 14.2 Å². The van der Waals surface area contributed by atoms with Gasteiger partial charge in [-0.1, -0.05) is 45.0 Å². The van der Waals surface area contributed by atoms with Crippen LogP contribution >= 0.6 is 7.92 Å². The lowest BCUT2D eigenvalue weighted by atomic mass is 10.0. The number of hydrogen-bond acceptors (Lipinski definition) is 4. The summed E-state index contributed by atoms with van der Waals surface area (Å²) in [5.41, 5.74) is 3.05. The van der Waals surface area contributed by atoms with Crippen LogP contribution < -0.4 is 19.5 Å². The molecule has 150 valence electrons. The number of benzene rings is 2. The molecule has 1 aromatic heterocycles. The zero-order chi connectivity index (χ0) is 20.6. The van der Waals surface area contributed by atoms with Gasteiger partial charge in [-0.25, -0.2) is 0 Å². The first-order valence-electron chi connectivity index (χ1n) is 9.67. The quantitative estimate of drug-likeness (QED) is 0.516. The lowest BCUT2D eigenvalue weighted by Crippen LogP contribution is -2.21. The number of ether oxygens (including phenoxy) is 3. The Morgan fingerprint density at radius 3 is 2.17 bits per heavy atom. The second-order valence-electron chi connectivity index (χ2n) is 7.96. The fraction of sp³-hybridized carbons (Fsp3) is 0.292. The highest BCUT2D eigenvalue weighted by atomic mass is 31.1. The first-order chi connectivity index (χ1) is 14.0. The van der Waals surface area contributed by atoms with E-state index in [9.17, 15) is 0 Å². The number of pyridine rings is 1. The predicted molar refractivity (Wildman–Crippen MR) is 119 cm³/mol. The maximum Gasteiger partial charge on any atom is 0.163 e. The van der Waals surface area contributed by atoms with Crippen LogP contribution in [-0.2, 0) is 0 Å². The van der Waals surface area contributed by atoms with Crippen molar-refractivity contribution in [2.45, 2.75) is 31.8 Å². The van der Waals surface area contributed by atoms with Crippen molar-refractivity contribution in [1.82, 2.24) is 4.98 Å². The molecule has 1 aliphatic heterocycles. The standard InChI is InChI=1S/C24H26NO3P/c1-24(2,3)29-22-16(21-18(26-4)12-9-13-19(21)27-5)10-8-14-20(22)28-23(29)17-11-6-7-15-25-17/h6-15,23H,1-5H3/t23-,29-/m1/s1. The summed E-state index contributed by atoms with van der Waals surface area (Å²) < 4.78 is 17.9. The van der Waals surface area contributed by atoms with E-state index in [4.69, 9.17) is 14.2 Å². The van der Waals surface area contributed by atoms with Crippen LogP contribution in [0.5, 0.6) is 17.2 Å². The summed E-state index contributed by atoms with van der Waals surface area (Å²) in [6.07, 6.45) is 1.84. The van der Waals surface area contributed by atoms with Crippen LogP contribution in [0, 0.1) is 0 Å². The molecule has 2 heterocycles. The molecule has 2 aromatic carbocycles. The summed E-state index contributed by atoms with van der Waals surface area (Å²) in [6.45, 7) is 6.84. The Kier molecular flexibility index (Phi) is 5.23. The van der Waals surface area contributed by atoms with Gasteiger partial charge in [0.15, 0.2) is 5.85 Å². The van der Waals surface area contributed by atoms with Crippen LogP contribution in [0.3, 0.4) is 0 Å². The molecule has 5 heteroatoms. The minimum Gasteiger partial charge on any atom is -0.496 e. The lowest BCUT2D eigenvalue weighted by molar-refractivity contribution is 0.295. The molecule has 4 nitrogen and oxygen atoms in total. The average Bonchev–Trinajstić information content (AvgIpc) is 3.14. The fourth-order valence-electron chi connectivity index (χ4n) is 3.88. The third-order valence-corrected chi connectivity index (χ3v) is 8.30. The molecule has 4 rings (SSSR count). The van der Waals surface area contributed by atoms with Gasteiger partial charge < -0.3 is 14.2 Å². The van der Waals surface area contributed by atoms with E-state index >= 15 is 0 Å². The van der Waals surface area contributed by atoms with Gasteiger partial charge in [0.1, 0.15) is 17.2 Å². The molecule has 3 aromatic rings. The van der Waals surface area contributed by atoms with E-state index in [-0.39, 0.29) is 11.0 Å². The van der Waals surface area contributed by atoms with Crippen LogP contribution in [0.1, 0.15) is 32.3 Å². The number of nitrogens with zero attached hydrogens (tertiary/aromatic N) is 1. The number of rotatable bonds is 4. The Labute approximate surface area is 173 Å². The summed E-state index contributed by atoms with van der Waals surface area (Å²) in [5, 5.41) is 1.27. The summed E-state index contributed by atoms with van der Waals surface area (Å²) in [4.78, 5) is 4.62. The van der Waals surface area contributed by atoms with Gasteiger partial charge in [0, 0.05) is 17.1 Å². The highest BCUT2D eigenvalue weighted by Crippen LogP contribution is 2.66. The van der Waals surface area contributed by atoms with Crippen molar-refractivity contribution in [1.29, 1.82) is 0 Å². The molecule has 0 saturated carbocycles. The van der Waals surface area contributed by atoms with Crippen LogP contribution in [-0.4, -0.2) is 24.4 Å². The lowest BCUT2D eigenvalue weighted by Gasteiger charge is -2.32. The molecule has 1 aliphatic rings. The van der Waals surface area contributed by atoms with Crippen molar-refractivity contribution in [2.24, 2.45) is 0 Å². The fourth-order valence-corrected chi connectivity index (χ4v) is 6.93. The molecule has 29 heavy (non-hydrogen) atoms. The zero-order valence-corrected chi connectivity index (χ0v) is 18.4. The Morgan fingerprint density at radius 2 is 1.59 bits per heavy atom. The monoisotopic (exact) mass is 407 g/mol. The second-order valence-corrected chi connectivity index (χ2v) is 11.0. The highest BCUT2D eigenvalue weighted by Gasteiger charge is 2.45. The molecule has 0 saturated heterocycles. The van der Waals surface area contributed by atoms with E-state index in [1.165, 1.54) is 5.30 Å². The maximum absolute atomic E-state index is 6.53. The largest absolute Gasteiger partial charge is 0.496 e. The minimum atomic E-state index is -0.717. The maximum atomic E-state index is 6.53. The van der Waals surface area contributed by atoms with Gasteiger partial charge in [-0.3, -0.25) is 4.98 Å². The molecule has 0 spiro atoms. The Balaban J connectivity index is 1.96.